The number of carbonyl (C=O) groups is 1. The van der Waals surface area contributed by atoms with Crippen LogP contribution in [0.15, 0.2) is 60.8 Å². The van der Waals surface area contributed by atoms with Crippen molar-refractivity contribution in [2.75, 3.05) is 36.5 Å². The van der Waals surface area contributed by atoms with Crippen molar-refractivity contribution in [1.82, 2.24) is 9.97 Å². The Morgan fingerprint density at radius 3 is 2.51 bits per heavy atom. The summed E-state index contributed by atoms with van der Waals surface area (Å²) >= 11 is 0. The van der Waals surface area contributed by atoms with Gasteiger partial charge in [0, 0.05) is 36.8 Å². The Morgan fingerprint density at radius 2 is 1.74 bits per heavy atom. The highest BCUT2D eigenvalue weighted by atomic mass is 19.2. The van der Waals surface area contributed by atoms with Crippen molar-refractivity contribution in [1.29, 1.82) is 0 Å². The van der Waals surface area contributed by atoms with Crippen LogP contribution in [0.3, 0.4) is 0 Å². The molecule has 1 saturated heterocycles. The number of benzene rings is 3. The van der Waals surface area contributed by atoms with Gasteiger partial charge in [-0.25, -0.2) is 18.2 Å². The molecule has 9 heteroatoms. The van der Waals surface area contributed by atoms with Crippen molar-refractivity contribution in [2.45, 2.75) is 6.42 Å². The van der Waals surface area contributed by atoms with Crippen LogP contribution >= 0.6 is 0 Å². The van der Waals surface area contributed by atoms with Crippen molar-refractivity contribution < 1.29 is 22.7 Å². The van der Waals surface area contributed by atoms with Gasteiger partial charge in [0.15, 0.2) is 11.6 Å². The van der Waals surface area contributed by atoms with Crippen LogP contribution < -0.4 is 10.2 Å². The van der Waals surface area contributed by atoms with E-state index in [2.05, 4.69) is 15.2 Å². The van der Waals surface area contributed by atoms with Gasteiger partial charge >= 0.3 is 0 Å². The van der Waals surface area contributed by atoms with Gasteiger partial charge in [-0.15, -0.1) is 0 Å². The van der Waals surface area contributed by atoms with Gasteiger partial charge in [-0.1, -0.05) is 6.07 Å². The van der Waals surface area contributed by atoms with E-state index in [0.717, 1.165) is 37.1 Å². The van der Waals surface area contributed by atoms with Crippen LogP contribution in [0.5, 0.6) is 0 Å². The zero-order valence-corrected chi connectivity index (χ0v) is 18.6. The lowest BCUT2D eigenvalue weighted by molar-refractivity contribution is 0.102. The first-order chi connectivity index (χ1) is 17.0. The van der Waals surface area contributed by atoms with Gasteiger partial charge in [-0.3, -0.25) is 9.78 Å². The molecule has 2 heterocycles. The maximum absolute atomic E-state index is 14.6. The Morgan fingerprint density at radius 1 is 0.971 bits per heavy atom. The molecule has 1 amide bonds. The summed E-state index contributed by atoms with van der Waals surface area (Å²) in [5.41, 5.74) is 2.43. The summed E-state index contributed by atoms with van der Waals surface area (Å²) in [7, 11) is 0. The number of carbonyl (C=O) groups excluding carboxylic acids is 1. The van der Waals surface area contributed by atoms with Gasteiger partial charge in [0.1, 0.15) is 11.6 Å². The molecular formula is C26H21F3N4O2. The molecule has 1 N–H and O–H groups in total. The van der Waals surface area contributed by atoms with E-state index < -0.39 is 23.4 Å². The Kier molecular flexibility index (Phi) is 6.33. The number of anilines is 2. The van der Waals surface area contributed by atoms with Gasteiger partial charge in [-0.2, -0.15) is 0 Å². The average Bonchev–Trinajstić information content (AvgIpc) is 2.87. The molecule has 1 aromatic heterocycles. The molecule has 0 unspecified atom stereocenters. The molecule has 178 valence electrons. The summed E-state index contributed by atoms with van der Waals surface area (Å²) in [5, 5.41) is 2.54. The zero-order chi connectivity index (χ0) is 24.4. The van der Waals surface area contributed by atoms with E-state index in [9.17, 15) is 18.0 Å². The fourth-order valence-corrected chi connectivity index (χ4v) is 3.97. The number of fused-ring (bicyclic) bond motifs is 1. The molecule has 3 aromatic carbocycles. The molecule has 1 aliphatic rings. The SMILES string of the molecule is O=C(Nc1cc(F)c(F)c(Cc2ccc3ncc(N4CCOCC4)nc3c2)c1)c1ccc(F)cc1. The summed E-state index contributed by atoms with van der Waals surface area (Å²) < 4.78 is 47.5. The monoisotopic (exact) mass is 478 g/mol. The highest BCUT2D eigenvalue weighted by Gasteiger charge is 2.16. The largest absolute Gasteiger partial charge is 0.378 e. The molecule has 0 saturated carbocycles. The number of ether oxygens (including phenoxy) is 1. The molecular weight excluding hydrogens is 457 g/mol. The molecule has 35 heavy (non-hydrogen) atoms. The molecule has 0 spiro atoms. The quantitative estimate of drug-likeness (QED) is 0.449. The second-order valence-electron chi connectivity index (χ2n) is 8.22. The fraction of sp³-hybridized carbons (Fsp3) is 0.192. The minimum absolute atomic E-state index is 0.0797. The van der Waals surface area contributed by atoms with Crippen LogP contribution in [0, 0.1) is 17.5 Å². The maximum atomic E-state index is 14.6. The predicted octanol–water partition coefficient (Wildman–Crippen LogP) is 4.73. The topological polar surface area (TPSA) is 67.4 Å². The number of halogens is 3. The van der Waals surface area contributed by atoms with Crippen LogP contribution in [-0.4, -0.2) is 42.2 Å². The normalized spacial score (nSPS) is 13.7. The first kappa shape index (κ1) is 22.8. The van der Waals surface area contributed by atoms with E-state index in [-0.39, 0.29) is 23.2 Å². The molecule has 0 aliphatic carbocycles. The van der Waals surface area contributed by atoms with E-state index >= 15 is 0 Å². The smallest absolute Gasteiger partial charge is 0.255 e. The lowest BCUT2D eigenvalue weighted by atomic mass is 10.0. The highest BCUT2D eigenvalue weighted by molar-refractivity contribution is 6.04. The number of hydrogen-bond donors (Lipinski definition) is 1. The molecule has 0 bridgehead atoms. The zero-order valence-electron chi connectivity index (χ0n) is 18.6. The first-order valence-corrected chi connectivity index (χ1v) is 11.1. The maximum Gasteiger partial charge on any atom is 0.255 e. The lowest BCUT2D eigenvalue weighted by Crippen LogP contribution is -2.36. The summed E-state index contributed by atoms with van der Waals surface area (Å²) in [4.78, 5) is 23.7. The van der Waals surface area contributed by atoms with Gasteiger partial charge in [0.2, 0.25) is 0 Å². The number of rotatable bonds is 5. The second-order valence-corrected chi connectivity index (χ2v) is 8.22. The van der Waals surface area contributed by atoms with Crippen LogP contribution in [-0.2, 0) is 11.2 Å². The second kappa shape index (κ2) is 9.71. The van der Waals surface area contributed by atoms with Crippen molar-refractivity contribution in [3.63, 3.8) is 0 Å². The summed E-state index contributed by atoms with van der Waals surface area (Å²) in [6, 6.07) is 12.6. The predicted molar refractivity (Wildman–Crippen MR) is 126 cm³/mol. The number of aromatic nitrogens is 2. The number of nitrogens with one attached hydrogen (secondary N) is 1. The van der Waals surface area contributed by atoms with Crippen LogP contribution in [0.4, 0.5) is 24.7 Å². The third kappa shape index (κ3) is 5.09. The van der Waals surface area contributed by atoms with Crippen molar-refractivity contribution >= 4 is 28.4 Å². The van der Waals surface area contributed by atoms with E-state index in [1.807, 2.05) is 0 Å². The summed E-state index contributed by atoms with van der Waals surface area (Å²) in [6.07, 6.45) is 1.80. The Labute approximate surface area is 199 Å². The molecule has 5 rings (SSSR count). The first-order valence-electron chi connectivity index (χ1n) is 11.1. The van der Waals surface area contributed by atoms with Gasteiger partial charge < -0.3 is 15.0 Å². The minimum Gasteiger partial charge on any atom is -0.378 e. The average molecular weight is 478 g/mol. The van der Waals surface area contributed by atoms with Gasteiger partial charge in [0.05, 0.1) is 30.4 Å². The van der Waals surface area contributed by atoms with E-state index in [4.69, 9.17) is 9.72 Å². The molecule has 0 radical (unpaired) electrons. The summed E-state index contributed by atoms with van der Waals surface area (Å²) in [6.45, 7) is 2.69. The fourth-order valence-electron chi connectivity index (χ4n) is 3.97. The molecule has 1 aliphatic heterocycles. The lowest BCUT2D eigenvalue weighted by Gasteiger charge is -2.27. The van der Waals surface area contributed by atoms with Crippen LogP contribution in [0.25, 0.3) is 11.0 Å². The third-order valence-electron chi connectivity index (χ3n) is 5.79. The molecule has 0 atom stereocenters. The van der Waals surface area contributed by atoms with Gasteiger partial charge in [-0.05, 0) is 53.6 Å². The standard InChI is InChI=1S/C26H21F3N4O2/c27-19-4-2-17(3-5-19)26(34)31-20-13-18(25(29)21(28)14-20)11-16-1-6-22-23(12-16)32-24(15-30-22)33-7-9-35-10-8-33/h1-6,12-15H,7-11H2,(H,31,34). The summed E-state index contributed by atoms with van der Waals surface area (Å²) in [5.74, 6) is -2.36. The van der Waals surface area contributed by atoms with E-state index in [1.54, 1.807) is 24.4 Å². The van der Waals surface area contributed by atoms with Crippen molar-refractivity contribution in [2.24, 2.45) is 0 Å². The minimum atomic E-state index is -1.08. The highest BCUT2D eigenvalue weighted by Crippen LogP contribution is 2.24. The van der Waals surface area contributed by atoms with E-state index in [1.165, 1.54) is 18.2 Å². The Hall–Kier alpha value is -3.98. The van der Waals surface area contributed by atoms with Crippen LogP contribution in [0.1, 0.15) is 21.5 Å². The molecule has 4 aromatic rings. The number of nitrogens with zero attached hydrogens (tertiary/aromatic N) is 3. The van der Waals surface area contributed by atoms with E-state index in [0.29, 0.717) is 29.8 Å². The van der Waals surface area contributed by atoms with Gasteiger partial charge in [0.25, 0.3) is 5.91 Å². The van der Waals surface area contributed by atoms with Crippen molar-refractivity contribution in [3.05, 3.63) is 94.9 Å². The van der Waals surface area contributed by atoms with Crippen molar-refractivity contribution in [3.8, 4) is 0 Å². The molecule has 6 nitrogen and oxygen atoms in total. The Bertz CT molecular complexity index is 1390. The number of morpholine rings is 1. The third-order valence-corrected chi connectivity index (χ3v) is 5.79. The number of amides is 1. The molecule has 1 fully saturated rings. The van der Waals surface area contributed by atoms with Crippen LogP contribution in [0.2, 0.25) is 0 Å². The Balaban J connectivity index is 1.39. The number of hydrogen-bond acceptors (Lipinski definition) is 5.